The van der Waals surface area contributed by atoms with Crippen LogP contribution < -0.4 is 0 Å². The third-order valence-corrected chi connectivity index (χ3v) is 2.31. The normalized spacial score (nSPS) is 19.9. The van der Waals surface area contributed by atoms with Crippen molar-refractivity contribution in [3.63, 3.8) is 0 Å². The van der Waals surface area contributed by atoms with Crippen LogP contribution in [0, 0.1) is 0 Å². The second kappa shape index (κ2) is 4.09. The SMILES string of the molecule is CC(O)c1ccc(C2OCCO2)cc1. The van der Waals surface area contributed by atoms with E-state index in [1.165, 1.54) is 0 Å². The van der Waals surface area contributed by atoms with Crippen molar-refractivity contribution in [1.82, 2.24) is 0 Å². The molecule has 0 radical (unpaired) electrons. The molecule has 1 aliphatic heterocycles. The van der Waals surface area contributed by atoms with E-state index < -0.39 is 6.10 Å². The summed E-state index contributed by atoms with van der Waals surface area (Å²) < 4.78 is 10.7. The Morgan fingerprint density at radius 1 is 1.21 bits per heavy atom. The number of benzene rings is 1. The number of aliphatic hydroxyl groups excluding tert-OH is 1. The fraction of sp³-hybridized carbons (Fsp3) is 0.455. The second-order valence-electron chi connectivity index (χ2n) is 3.42. The molecular weight excluding hydrogens is 180 g/mol. The molecule has 0 bridgehead atoms. The van der Waals surface area contributed by atoms with Gasteiger partial charge in [0.25, 0.3) is 0 Å². The van der Waals surface area contributed by atoms with Gasteiger partial charge in [0.1, 0.15) is 0 Å². The molecular formula is C11H14O3. The highest BCUT2D eigenvalue weighted by Gasteiger charge is 2.17. The molecule has 0 aromatic heterocycles. The van der Waals surface area contributed by atoms with Gasteiger partial charge in [0.2, 0.25) is 0 Å². The lowest BCUT2D eigenvalue weighted by molar-refractivity contribution is -0.0441. The van der Waals surface area contributed by atoms with E-state index in [9.17, 15) is 5.11 Å². The van der Waals surface area contributed by atoms with Gasteiger partial charge in [0.15, 0.2) is 6.29 Å². The van der Waals surface area contributed by atoms with Crippen LogP contribution in [0.1, 0.15) is 30.4 Å². The Labute approximate surface area is 83.3 Å². The van der Waals surface area contributed by atoms with Gasteiger partial charge in [-0.15, -0.1) is 0 Å². The average Bonchev–Trinajstić information content (AvgIpc) is 2.71. The highest BCUT2D eigenvalue weighted by molar-refractivity contribution is 5.24. The Morgan fingerprint density at radius 2 is 1.79 bits per heavy atom. The molecule has 1 aromatic carbocycles. The Bertz CT molecular complexity index is 286. The molecule has 3 nitrogen and oxygen atoms in total. The predicted octanol–water partition coefficient (Wildman–Crippen LogP) is 1.79. The van der Waals surface area contributed by atoms with Crippen molar-refractivity contribution >= 4 is 0 Å². The molecule has 0 spiro atoms. The maximum absolute atomic E-state index is 9.32. The van der Waals surface area contributed by atoms with Gasteiger partial charge in [-0.05, 0) is 12.5 Å². The Hall–Kier alpha value is -0.900. The van der Waals surface area contributed by atoms with Crippen LogP contribution in [0.25, 0.3) is 0 Å². The quantitative estimate of drug-likeness (QED) is 0.780. The van der Waals surface area contributed by atoms with Crippen molar-refractivity contribution in [3.05, 3.63) is 35.4 Å². The van der Waals surface area contributed by atoms with Crippen LogP contribution in [-0.4, -0.2) is 18.3 Å². The molecule has 3 heteroatoms. The molecule has 1 N–H and O–H groups in total. The fourth-order valence-corrected chi connectivity index (χ4v) is 1.48. The lowest BCUT2D eigenvalue weighted by Crippen LogP contribution is -1.98. The van der Waals surface area contributed by atoms with Gasteiger partial charge in [-0.1, -0.05) is 24.3 Å². The predicted molar refractivity (Wildman–Crippen MR) is 51.7 cm³/mol. The molecule has 1 aromatic rings. The molecule has 1 heterocycles. The Morgan fingerprint density at radius 3 is 2.29 bits per heavy atom. The van der Waals surface area contributed by atoms with E-state index in [4.69, 9.17) is 9.47 Å². The average molecular weight is 194 g/mol. The molecule has 0 amide bonds. The molecule has 76 valence electrons. The standard InChI is InChI=1S/C11H14O3/c1-8(12)9-2-4-10(5-3-9)11-13-6-7-14-11/h2-5,8,11-12H,6-7H2,1H3. The van der Waals surface area contributed by atoms with E-state index in [2.05, 4.69) is 0 Å². The van der Waals surface area contributed by atoms with Gasteiger partial charge in [-0.3, -0.25) is 0 Å². The van der Waals surface area contributed by atoms with Crippen LogP contribution in [0.15, 0.2) is 24.3 Å². The summed E-state index contributed by atoms with van der Waals surface area (Å²) in [5, 5.41) is 9.32. The van der Waals surface area contributed by atoms with Crippen molar-refractivity contribution in [2.24, 2.45) is 0 Å². The molecule has 1 fully saturated rings. The first-order valence-electron chi connectivity index (χ1n) is 4.78. The minimum absolute atomic E-state index is 0.224. The van der Waals surface area contributed by atoms with Gasteiger partial charge in [0.05, 0.1) is 19.3 Å². The van der Waals surface area contributed by atoms with E-state index in [1.807, 2.05) is 24.3 Å². The molecule has 1 aliphatic rings. The van der Waals surface area contributed by atoms with Gasteiger partial charge in [-0.25, -0.2) is 0 Å². The smallest absolute Gasteiger partial charge is 0.184 e. The summed E-state index contributed by atoms with van der Waals surface area (Å²) in [5.74, 6) is 0. The summed E-state index contributed by atoms with van der Waals surface area (Å²) in [6, 6.07) is 7.64. The zero-order valence-corrected chi connectivity index (χ0v) is 8.14. The second-order valence-corrected chi connectivity index (χ2v) is 3.42. The summed E-state index contributed by atoms with van der Waals surface area (Å²) in [4.78, 5) is 0. The molecule has 2 rings (SSSR count). The summed E-state index contributed by atoms with van der Waals surface area (Å²) in [7, 11) is 0. The van der Waals surface area contributed by atoms with E-state index in [0.717, 1.165) is 11.1 Å². The van der Waals surface area contributed by atoms with Crippen molar-refractivity contribution in [3.8, 4) is 0 Å². The van der Waals surface area contributed by atoms with Gasteiger partial charge in [0, 0.05) is 5.56 Å². The number of rotatable bonds is 2. The highest BCUT2D eigenvalue weighted by Crippen LogP contribution is 2.24. The molecule has 1 unspecified atom stereocenters. The van der Waals surface area contributed by atoms with E-state index in [1.54, 1.807) is 6.92 Å². The van der Waals surface area contributed by atoms with Gasteiger partial charge in [-0.2, -0.15) is 0 Å². The van der Waals surface area contributed by atoms with Crippen molar-refractivity contribution in [1.29, 1.82) is 0 Å². The zero-order chi connectivity index (χ0) is 9.97. The number of ether oxygens (including phenoxy) is 2. The van der Waals surface area contributed by atoms with E-state index in [0.29, 0.717) is 13.2 Å². The lowest BCUT2D eigenvalue weighted by Gasteiger charge is -2.10. The maximum atomic E-state index is 9.32. The van der Waals surface area contributed by atoms with Crippen molar-refractivity contribution < 1.29 is 14.6 Å². The minimum atomic E-state index is -0.422. The fourth-order valence-electron chi connectivity index (χ4n) is 1.48. The topological polar surface area (TPSA) is 38.7 Å². The molecule has 0 aliphatic carbocycles. The van der Waals surface area contributed by atoms with Crippen LogP contribution in [0.3, 0.4) is 0 Å². The Kier molecular flexibility index (Phi) is 2.82. The number of hydrogen-bond donors (Lipinski definition) is 1. The van der Waals surface area contributed by atoms with E-state index >= 15 is 0 Å². The van der Waals surface area contributed by atoms with Crippen LogP contribution in [-0.2, 0) is 9.47 Å². The van der Waals surface area contributed by atoms with E-state index in [-0.39, 0.29) is 6.29 Å². The van der Waals surface area contributed by atoms with Crippen LogP contribution >= 0.6 is 0 Å². The lowest BCUT2D eigenvalue weighted by atomic mass is 10.1. The third-order valence-electron chi connectivity index (χ3n) is 2.31. The third kappa shape index (κ3) is 1.95. The zero-order valence-electron chi connectivity index (χ0n) is 8.14. The number of hydrogen-bond acceptors (Lipinski definition) is 3. The monoisotopic (exact) mass is 194 g/mol. The van der Waals surface area contributed by atoms with Crippen LogP contribution in [0.4, 0.5) is 0 Å². The van der Waals surface area contributed by atoms with Crippen molar-refractivity contribution in [2.75, 3.05) is 13.2 Å². The number of aliphatic hydroxyl groups is 1. The summed E-state index contributed by atoms with van der Waals surface area (Å²) in [5.41, 5.74) is 1.92. The highest BCUT2D eigenvalue weighted by atomic mass is 16.7. The maximum Gasteiger partial charge on any atom is 0.184 e. The minimum Gasteiger partial charge on any atom is -0.389 e. The first kappa shape index (κ1) is 9.65. The summed E-state index contributed by atoms with van der Waals surface area (Å²) in [6.07, 6.45) is -0.646. The van der Waals surface area contributed by atoms with Crippen molar-refractivity contribution in [2.45, 2.75) is 19.3 Å². The first-order chi connectivity index (χ1) is 6.77. The first-order valence-corrected chi connectivity index (χ1v) is 4.78. The molecule has 0 saturated carbocycles. The van der Waals surface area contributed by atoms with Gasteiger partial charge >= 0.3 is 0 Å². The van der Waals surface area contributed by atoms with Gasteiger partial charge < -0.3 is 14.6 Å². The Balaban J connectivity index is 2.12. The summed E-state index contributed by atoms with van der Waals surface area (Å²) in [6.45, 7) is 3.06. The van der Waals surface area contributed by atoms with Crippen LogP contribution in [0.5, 0.6) is 0 Å². The van der Waals surface area contributed by atoms with Crippen LogP contribution in [0.2, 0.25) is 0 Å². The molecule has 14 heavy (non-hydrogen) atoms. The molecule has 1 saturated heterocycles. The molecule has 1 atom stereocenters. The summed E-state index contributed by atoms with van der Waals surface area (Å²) >= 11 is 0. The largest absolute Gasteiger partial charge is 0.389 e.